The van der Waals surface area contributed by atoms with Crippen LogP contribution in [-0.4, -0.2) is 4.98 Å². The zero-order valence-corrected chi connectivity index (χ0v) is 10.7. The van der Waals surface area contributed by atoms with Crippen molar-refractivity contribution in [1.82, 2.24) is 4.98 Å². The number of nitrogens with one attached hydrogen (secondary N) is 1. The molecule has 0 amide bonds. The molecule has 1 heterocycles. The van der Waals surface area contributed by atoms with Gasteiger partial charge in [-0.3, -0.25) is 0 Å². The molecule has 0 aliphatic carbocycles. The molecule has 0 unspecified atom stereocenters. The summed E-state index contributed by atoms with van der Waals surface area (Å²) < 4.78 is 13.0. The molecule has 3 rings (SSSR count). The summed E-state index contributed by atoms with van der Waals surface area (Å²) in [6.07, 6.45) is 2.04. The monoisotopic (exact) mass is 251 g/mol. The van der Waals surface area contributed by atoms with Gasteiger partial charge in [0.05, 0.1) is 0 Å². The van der Waals surface area contributed by atoms with Gasteiger partial charge < -0.3 is 4.98 Å². The highest BCUT2D eigenvalue weighted by Gasteiger charge is 2.07. The van der Waals surface area contributed by atoms with Crippen LogP contribution < -0.4 is 0 Å². The molecule has 2 heteroatoms. The molecular formula is C17H14FN. The van der Waals surface area contributed by atoms with Gasteiger partial charge >= 0.3 is 0 Å². The maximum absolute atomic E-state index is 13.0. The first-order valence-electron chi connectivity index (χ1n) is 6.28. The maximum Gasteiger partial charge on any atom is 0.123 e. The Morgan fingerprint density at radius 3 is 2.47 bits per heavy atom. The van der Waals surface area contributed by atoms with Crippen LogP contribution in [0.2, 0.25) is 0 Å². The van der Waals surface area contributed by atoms with Crippen molar-refractivity contribution >= 4 is 16.5 Å². The van der Waals surface area contributed by atoms with Crippen molar-refractivity contribution in [3.8, 4) is 0 Å². The van der Waals surface area contributed by atoms with E-state index in [1.54, 1.807) is 12.1 Å². The molecule has 0 aliphatic heterocycles. The van der Waals surface area contributed by atoms with Crippen molar-refractivity contribution < 1.29 is 4.39 Å². The van der Waals surface area contributed by atoms with Gasteiger partial charge in [0.2, 0.25) is 0 Å². The van der Waals surface area contributed by atoms with Crippen molar-refractivity contribution in [2.45, 2.75) is 6.92 Å². The molecule has 94 valence electrons. The fraction of sp³-hybridized carbons (Fsp3) is 0.0588. The molecule has 1 nitrogen and oxygen atoms in total. The van der Waals surface area contributed by atoms with Crippen LogP contribution in [0.15, 0.2) is 60.7 Å². The summed E-state index contributed by atoms with van der Waals surface area (Å²) in [5.74, 6) is -0.212. The fourth-order valence-electron chi connectivity index (χ4n) is 2.33. The van der Waals surface area contributed by atoms with E-state index in [9.17, 15) is 4.39 Å². The van der Waals surface area contributed by atoms with E-state index in [0.29, 0.717) is 0 Å². The summed E-state index contributed by atoms with van der Waals surface area (Å²) in [6, 6.07) is 16.9. The summed E-state index contributed by atoms with van der Waals surface area (Å²) in [6.45, 7) is 1.99. The molecule has 1 aromatic heterocycles. The molecule has 1 N–H and O–H groups in total. The summed E-state index contributed by atoms with van der Waals surface area (Å²) in [5.41, 5.74) is 4.25. The quantitative estimate of drug-likeness (QED) is 0.676. The Kier molecular flexibility index (Phi) is 2.92. The summed E-state index contributed by atoms with van der Waals surface area (Å²) in [4.78, 5) is 3.40. The van der Waals surface area contributed by atoms with Gasteiger partial charge in [0.1, 0.15) is 5.82 Å². The molecule has 19 heavy (non-hydrogen) atoms. The van der Waals surface area contributed by atoms with Crippen LogP contribution in [0, 0.1) is 5.82 Å². The SMILES string of the molecule is C/C=C(\c1ccc(F)cc1)c1cc2ccccc2[nH]1. The number of allylic oxidation sites excluding steroid dienone is 1. The summed E-state index contributed by atoms with van der Waals surface area (Å²) in [5, 5.41) is 1.18. The Labute approximate surface area is 111 Å². The second-order valence-electron chi connectivity index (χ2n) is 4.48. The van der Waals surface area contributed by atoms with Crippen LogP contribution in [0.3, 0.4) is 0 Å². The Morgan fingerprint density at radius 1 is 1.05 bits per heavy atom. The molecule has 0 saturated heterocycles. The number of benzene rings is 2. The first-order chi connectivity index (χ1) is 9.28. The fourth-order valence-corrected chi connectivity index (χ4v) is 2.33. The van der Waals surface area contributed by atoms with Crippen LogP contribution in [0.5, 0.6) is 0 Å². The normalized spacial score (nSPS) is 12.0. The van der Waals surface area contributed by atoms with Gasteiger partial charge in [0, 0.05) is 22.2 Å². The van der Waals surface area contributed by atoms with E-state index >= 15 is 0 Å². The number of aromatic amines is 1. The van der Waals surface area contributed by atoms with Crippen molar-refractivity contribution in [1.29, 1.82) is 0 Å². The van der Waals surface area contributed by atoms with Gasteiger partial charge in [0.25, 0.3) is 0 Å². The second-order valence-corrected chi connectivity index (χ2v) is 4.48. The molecule has 0 bridgehead atoms. The smallest absolute Gasteiger partial charge is 0.123 e. The summed E-state index contributed by atoms with van der Waals surface area (Å²) in [7, 11) is 0. The molecule has 3 aromatic rings. The minimum Gasteiger partial charge on any atom is -0.355 e. The van der Waals surface area contributed by atoms with E-state index in [4.69, 9.17) is 0 Å². The number of rotatable bonds is 2. The Balaban J connectivity index is 2.09. The number of halogens is 1. The van der Waals surface area contributed by atoms with Crippen LogP contribution in [0.1, 0.15) is 18.2 Å². The van der Waals surface area contributed by atoms with E-state index in [-0.39, 0.29) is 5.82 Å². The predicted octanol–water partition coefficient (Wildman–Crippen LogP) is 4.76. The molecular weight excluding hydrogens is 237 g/mol. The van der Waals surface area contributed by atoms with Crippen molar-refractivity contribution in [3.05, 3.63) is 77.7 Å². The third kappa shape index (κ3) is 2.17. The molecule has 0 fully saturated rings. The van der Waals surface area contributed by atoms with Crippen molar-refractivity contribution in [2.75, 3.05) is 0 Å². The van der Waals surface area contributed by atoms with E-state index in [1.807, 2.05) is 25.1 Å². The average Bonchev–Trinajstić information content (AvgIpc) is 2.85. The van der Waals surface area contributed by atoms with Gasteiger partial charge in [-0.25, -0.2) is 4.39 Å². The third-order valence-corrected chi connectivity index (χ3v) is 3.26. The van der Waals surface area contributed by atoms with Gasteiger partial charge in [0.15, 0.2) is 0 Å². The molecule has 0 radical (unpaired) electrons. The van der Waals surface area contributed by atoms with Crippen LogP contribution >= 0.6 is 0 Å². The zero-order valence-electron chi connectivity index (χ0n) is 10.7. The molecule has 2 aromatic carbocycles. The third-order valence-electron chi connectivity index (χ3n) is 3.26. The lowest BCUT2D eigenvalue weighted by atomic mass is 10.0. The van der Waals surface area contributed by atoms with Gasteiger partial charge in [-0.2, -0.15) is 0 Å². The first kappa shape index (κ1) is 11.7. The van der Waals surface area contributed by atoms with Crippen molar-refractivity contribution in [3.63, 3.8) is 0 Å². The van der Waals surface area contributed by atoms with E-state index in [2.05, 4.69) is 23.2 Å². The minimum atomic E-state index is -0.212. The van der Waals surface area contributed by atoms with Crippen LogP contribution in [-0.2, 0) is 0 Å². The molecule has 0 saturated carbocycles. The van der Waals surface area contributed by atoms with E-state index in [1.165, 1.54) is 17.5 Å². The lowest BCUT2D eigenvalue weighted by Crippen LogP contribution is -1.88. The Morgan fingerprint density at radius 2 is 1.79 bits per heavy atom. The van der Waals surface area contributed by atoms with E-state index in [0.717, 1.165) is 22.3 Å². The Hall–Kier alpha value is -2.35. The average molecular weight is 251 g/mol. The highest BCUT2D eigenvalue weighted by atomic mass is 19.1. The van der Waals surface area contributed by atoms with Crippen molar-refractivity contribution in [2.24, 2.45) is 0 Å². The van der Waals surface area contributed by atoms with Gasteiger partial charge in [-0.15, -0.1) is 0 Å². The lowest BCUT2D eigenvalue weighted by molar-refractivity contribution is 0.627. The summed E-state index contributed by atoms with van der Waals surface area (Å²) >= 11 is 0. The number of H-pyrrole nitrogens is 1. The highest BCUT2D eigenvalue weighted by Crippen LogP contribution is 2.26. The predicted molar refractivity (Wildman–Crippen MR) is 77.5 cm³/mol. The lowest BCUT2D eigenvalue weighted by Gasteiger charge is -2.05. The van der Waals surface area contributed by atoms with Gasteiger partial charge in [-0.05, 0) is 36.8 Å². The Bertz CT molecular complexity index is 702. The number of hydrogen-bond acceptors (Lipinski definition) is 0. The topological polar surface area (TPSA) is 15.8 Å². The van der Waals surface area contributed by atoms with Gasteiger partial charge in [-0.1, -0.05) is 36.4 Å². The second kappa shape index (κ2) is 4.73. The number of aromatic nitrogens is 1. The minimum absolute atomic E-state index is 0.212. The molecule has 0 aliphatic rings. The first-order valence-corrected chi connectivity index (χ1v) is 6.28. The zero-order chi connectivity index (χ0) is 13.2. The molecule has 0 spiro atoms. The number of para-hydroxylation sites is 1. The van der Waals surface area contributed by atoms with Crippen LogP contribution in [0.4, 0.5) is 4.39 Å². The highest BCUT2D eigenvalue weighted by molar-refractivity contribution is 5.88. The number of hydrogen-bond donors (Lipinski definition) is 1. The van der Waals surface area contributed by atoms with Crippen LogP contribution in [0.25, 0.3) is 16.5 Å². The standard InChI is InChI=1S/C17H14FN/c1-2-15(12-7-9-14(18)10-8-12)17-11-13-5-3-4-6-16(13)19-17/h2-11,19H,1H3/b15-2+. The number of fused-ring (bicyclic) bond motifs is 1. The maximum atomic E-state index is 13.0. The largest absolute Gasteiger partial charge is 0.355 e. The molecule has 0 atom stereocenters. The van der Waals surface area contributed by atoms with E-state index < -0.39 is 0 Å².